The predicted octanol–water partition coefficient (Wildman–Crippen LogP) is 2.94. The fourth-order valence-electron chi connectivity index (χ4n) is 3.86. The molecular formula is C28H37N3O7. The minimum atomic E-state index is -1.33. The maximum Gasteiger partial charge on any atom is 0.410 e. The third-order valence-electron chi connectivity index (χ3n) is 5.82. The number of carbonyl (C=O) groups excluding carboxylic acids is 3. The number of hydrogen-bond donors (Lipinski definition) is 2. The van der Waals surface area contributed by atoms with Crippen LogP contribution in [-0.4, -0.2) is 83.5 Å². The third-order valence-corrected chi connectivity index (χ3v) is 5.82. The highest BCUT2D eigenvalue weighted by molar-refractivity contribution is 5.82. The van der Waals surface area contributed by atoms with E-state index < -0.39 is 35.9 Å². The molecule has 1 aliphatic rings. The van der Waals surface area contributed by atoms with Crippen molar-refractivity contribution in [1.29, 1.82) is 0 Å². The molecule has 0 aliphatic carbocycles. The number of esters is 1. The zero-order valence-electron chi connectivity index (χ0n) is 22.2. The van der Waals surface area contributed by atoms with Crippen molar-refractivity contribution in [3.8, 4) is 0 Å². The molecule has 2 N–H and O–H groups in total. The molecule has 0 saturated carbocycles. The summed E-state index contributed by atoms with van der Waals surface area (Å²) in [7, 11) is 0. The lowest BCUT2D eigenvalue weighted by Crippen LogP contribution is -2.56. The van der Waals surface area contributed by atoms with Crippen molar-refractivity contribution in [3.63, 3.8) is 0 Å². The Morgan fingerprint density at radius 2 is 1.39 bits per heavy atom. The number of hydrogen-bond acceptors (Lipinski definition) is 8. The van der Waals surface area contributed by atoms with E-state index in [-0.39, 0.29) is 19.8 Å². The molecule has 0 radical (unpaired) electrons. The van der Waals surface area contributed by atoms with E-state index in [2.05, 4.69) is 5.32 Å². The van der Waals surface area contributed by atoms with E-state index in [9.17, 15) is 19.5 Å². The van der Waals surface area contributed by atoms with E-state index in [0.717, 1.165) is 11.1 Å². The van der Waals surface area contributed by atoms with Gasteiger partial charge in [-0.2, -0.15) is 0 Å². The SMILES string of the molecule is CC(C)(C)OC(=O)N[C@H](C(=O)OCc1ccccc1)C(O)CN1CCN(C(=O)OCc2ccccc2)CC1. The number of amides is 2. The Morgan fingerprint density at radius 1 is 0.868 bits per heavy atom. The van der Waals surface area contributed by atoms with Crippen LogP contribution in [0.25, 0.3) is 0 Å². The van der Waals surface area contributed by atoms with Crippen LogP contribution in [0.4, 0.5) is 9.59 Å². The Balaban J connectivity index is 1.53. The van der Waals surface area contributed by atoms with Gasteiger partial charge in [-0.05, 0) is 31.9 Å². The summed E-state index contributed by atoms with van der Waals surface area (Å²) >= 11 is 0. The van der Waals surface area contributed by atoms with E-state index in [4.69, 9.17) is 14.2 Å². The van der Waals surface area contributed by atoms with Crippen LogP contribution in [0.2, 0.25) is 0 Å². The molecule has 1 fully saturated rings. The van der Waals surface area contributed by atoms with Crippen molar-refractivity contribution in [1.82, 2.24) is 15.1 Å². The number of benzene rings is 2. The van der Waals surface area contributed by atoms with Gasteiger partial charge in [0, 0.05) is 32.7 Å². The van der Waals surface area contributed by atoms with Crippen LogP contribution in [0, 0.1) is 0 Å². The maximum absolute atomic E-state index is 12.9. The average molecular weight is 528 g/mol. The molecule has 206 valence electrons. The number of nitrogens with zero attached hydrogens (tertiary/aromatic N) is 2. The number of carbonyl (C=O) groups is 3. The van der Waals surface area contributed by atoms with Gasteiger partial charge in [-0.3, -0.25) is 4.90 Å². The number of β-amino-alcohol motifs (C(OH)–C–C–N with tert-alkyl or cyclic N) is 1. The van der Waals surface area contributed by atoms with Gasteiger partial charge in [0.05, 0.1) is 6.10 Å². The van der Waals surface area contributed by atoms with Crippen LogP contribution in [0.1, 0.15) is 31.9 Å². The molecule has 1 heterocycles. The molecule has 0 aromatic heterocycles. The van der Waals surface area contributed by atoms with E-state index >= 15 is 0 Å². The quantitative estimate of drug-likeness (QED) is 0.378. The first-order valence-electron chi connectivity index (χ1n) is 12.7. The summed E-state index contributed by atoms with van der Waals surface area (Å²) in [5, 5.41) is 13.4. The van der Waals surface area contributed by atoms with Crippen LogP contribution in [0.15, 0.2) is 60.7 Å². The normalized spacial score (nSPS) is 15.7. The van der Waals surface area contributed by atoms with Crippen molar-refractivity contribution in [2.24, 2.45) is 0 Å². The van der Waals surface area contributed by atoms with Gasteiger partial charge >= 0.3 is 18.2 Å². The molecular weight excluding hydrogens is 490 g/mol. The fraction of sp³-hybridized carbons (Fsp3) is 0.464. The lowest BCUT2D eigenvalue weighted by Gasteiger charge is -2.36. The Labute approximate surface area is 223 Å². The molecule has 10 nitrogen and oxygen atoms in total. The molecule has 2 aromatic rings. The number of rotatable bonds is 9. The summed E-state index contributed by atoms with van der Waals surface area (Å²) in [4.78, 5) is 41.3. The largest absolute Gasteiger partial charge is 0.459 e. The van der Waals surface area contributed by atoms with Gasteiger partial charge in [0.15, 0.2) is 6.04 Å². The topological polar surface area (TPSA) is 118 Å². The van der Waals surface area contributed by atoms with E-state index in [0.29, 0.717) is 26.2 Å². The maximum atomic E-state index is 12.9. The van der Waals surface area contributed by atoms with Gasteiger partial charge in [0.2, 0.25) is 0 Å². The molecule has 3 rings (SSSR count). The molecule has 1 unspecified atom stereocenters. The molecule has 2 amide bonds. The minimum absolute atomic E-state index is 0.00264. The number of nitrogens with one attached hydrogen (secondary N) is 1. The van der Waals surface area contributed by atoms with Crippen molar-refractivity contribution in [2.45, 2.75) is 51.7 Å². The minimum Gasteiger partial charge on any atom is -0.459 e. The third kappa shape index (κ3) is 9.68. The monoisotopic (exact) mass is 527 g/mol. The smallest absolute Gasteiger partial charge is 0.410 e. The first-order valence-corrected chi connectivity index (χ1v) is 12.7. The van der Waals surface area contributed by atoms with Gasteiger partial charge < -0.3 is 29.5 Å². The van der Waals surface area contributed by atoms with Gasteiger partial charge in [-0.15, -0.1) is 0 Å². The standard InChI is InChI=1S/C28H37N3O7/c1-28(2,3)38-26(34)29-24(25(33)36-19-21-10-6-4-7-11-21)23(32)18-30-14-16-31(17-15-30)27(35)37-20-22-12-8-5-9-13-22/h4-13,23-24,32H,14-20H2,1-3H3,(H,29,34)/t23?,24-/m0/s1. The van der Waals surface area contributed by atoms with Crippen LogP contribution in [0.3, 0.4) is 0 Å². The van der Waals surface area contributed by atoms with Gasteiger partial charge in [-0.25, -0.2) is 14.4 Å². The number of aliphatic hydroxyl groups is 1. The van der Waals surface area contributed by atoms with Crippen molar-refractivity contribution in [2.75, 3.05) is 32.7 Å². The van der Waals surface area contributed by atoms with Crippen molar-refractivity contribution in [3.05, 3.63) is 71.8 Å². The second kappa shape index (κ2) is 13.8. The average Bonchev–Trinajstić information content (AvgIpc) is 2.89. The lowest BCUT2D eigenvalue weighted by atomic mass is 10.1. The fourth-order valence-corrected chi connectivity index (χ4v) is 3.86. The lowest BCUT2D eigenvalue weighted by molar-refractivity contribution is -0.151. The zero-order valence-corrected chi connectivity index (χ0v) is 22.2. The number of piperazine rings is 1. The van der Waals surface area contributed by atoms with E-state index in [1.54, 1.807) is 25.7 Å². The number of alkyl carbamates (subject to hydrolysis) is 1. The second-order valence-electron chi connectivity index (χ2n) is 10.1. The highest BCUT2D eigenvalue weighted by atomic mass is 16.6. The van der Waals surface area contributed by atoms with Crippen LogP contribution in [-0.2, 0) is 32.2 Å². The summed E-state index contributed by atoms with van der Waals surface area (Å²) in [6.07, 6.45) is -2.49. The number of ether oxygens (including phenoxy) is 3. The Kier molecular flexibility index (Phi) is 10.5. The highest BCUT2D eigenvalue weighted by Gasteiger charge is 2.34. The summed E-state index contributed by atoms with van der Waals surface area (Å²) in [5.74, 6) is -0.768. The summed E-state index contributed by atoms with van der Waals surface area (Å²) < 4.78 is 16.1. The molecule has 1 saturated heterocycles. The summed E-state index contributed by atoms with van der Waals surface area (Å²) in [6, 6.07) is 17.2. The van der Waals surface area contributed by atoms with Gasteiger partial charge in [-0.1, -0.05) is 60.7 Å². The molecule has 0 bridgehead atoms. The first kappa shape index (κ1) is 28.9. The molecule has 38 heavy (non-hydrogen) atoms. The first-order chi connectivity index (χ1) is 18.1. The highest BCUT2D eigenvalue weighted by Crippen LogP contribution is 2.12. The van der Waals surface area contributed by atoms with Crippen LogP contribution in [0.5, 0.6) is 0 Å². The zero-order chi connectivity index (χ0) is 27.5. The summed E-state index contributed by atoms with van der Waals surface area (Å²) in [5.41, 5.74) is 0.908. The van der Waals surface area contributed by atoms with Crippen LogP contribution >= 0.6 is 0 Å². The number of aliphatic hydroxyl groups excluding tert-OH is 1. The van der Waals surface area contributed by atoms with Gasteiger partial charge in [0.1, 0.15) is 18.8 Å². The van der Waals surface area contributed by atoms with Gasteiger partial charge in [0.25, 0.3) is 0 Å². The van der Waals surface area contributed by atoms with Crippen molar-refractivity contribution >= 4 is 18.2 Å². The second-order valence-corrected chi connectivity index (χ2v) is 10.1. The van der Waals surface area contributed by atoms with E-state index in [1.807, 2.05) is 65.6 Å². The van der Waals surface area contributed by atoms with Crippen molar-refractivity contribution < 1.29 is 33.7 Å². The summed E-state index contributed by atoms with van der Waals surface area (Å²) in [6.45, 7) is 7.15. The predicted molar refractivity (Wildman–Crippen MR) is 140 cm³/mol. The van der Waals surface area contributed by atoms with E-state index in [1.165, 1.54) is 0 Å². The molecule has 0 spiro atoms. The molecule has 1 aliphatic heterocycles. The van der Waals surface area contributed by atoms with Crippen LogP contribution < -0.4 is 5.32 Å². The Bertz CT molecular complexity index is 1040. The Hall–Kier alpha value is -3.63. The Morgan fingerprint density at radius 3 is 1.92 bits per heavy atom. The molecule has 2 aromatic carbocycles. The molecule has 10 heteroatoms. The molecule has 2 atom stereocenters.